The van der Waals surface area contributed by atoms with Gasteiger partial charge in [0, 0.05) is 11.8 Å². The molecule has 0 fully saturated rings. The van der Waals surface area contributed by atoms with E-state index in [9.17, 15) is 14.7 Å². The van der Waals surface area contributed by atoms with E-state index < -0.39 is 11.7 Å². The van der Waals surface area contributed by atoms with Gasteiger partial charge in [0.05, 0.1) is 6.20 Å². The van der Waals surface area contributed by atoms with Crippen LogP contribution in [-0.4, -0.2) is 27.7 Å². The minimum Gasteiger partial charge on any atom is -0.508 e. The third kappa shape index (κ3) is 4.95. The van der Waals surface area contributed by atoms with Crippen molar-refractivity contribution < 1.29 is 19.4 Å². The van der Waals surface area contributed by atoms with Crippen LogP contribution in [0.15, 0.2) is 24.4 Å². The van der Waals surface area contributed by atoms with Gasteiger partial charge >= 0.3 is 6.09 Å². The maximum Gasteiger partial charge on any atom is 0.413 e. The number of phenols is 1. The van der Waals surface area contributed by atoms with E-state index in [1.54, 1.807) is 32.9 Å². The monoisotopic (exact) mass is 349 g/mol. The van der Waals surface area contributed by atoms with Crippen LogP contribution in [0.4, 0.5) is 15.6 Å². The number of hydrogen-bond acceptors (Lipinski definition) is 6. The van der Waals surface area contributed by atoms with Crippen molar-refractivity contribution in [2.45, 2.75) is 33.3 Å². The number of nitrogens with zero attached hydrogens (tertiary/aromatic N) is 1. The van der Waals surface area contributed by atoms with Gasteiger partial charge in [0.15, 0.2) is 5.13 Å². The van der Waals surface area contributed by atoms with Crippen LogP contribution in [0.5, 0.6) is 5.75 Å². The Balaban J connectivity index is 2.03. The van der Waals surface area contributed by atoms with E-state index in [0.717, 1.165) is 16.9 Å². The molecule has 0 aliphatic carbocycles. The summed E-state index contributed by atoms with van der Waals surface area (Å²) in [5.74, 6) is -0.314. The lowest BCUT2D eigenvalue weighted by atomic mass is 10.2. The average Bonchev–Trinajstić information content (AvgIpc) is 2.89. The number of hydrogen-bond donors (Lipinski definition) is 3. The molecule has 2 aromatic rings. The Bertz CT molecular complexity index is 765. The predicted molar refractivity (Wildman–Crippen MR) is 92.8 cm³/mol. The first kappa shape index (κ1) is 17.7. The highest BCUT2D eigenvalue weighted by Gasteiger charge is 2.18. The molecule has 2 amide bonds. The highest BCUT2D eigenvalue weighted by atomic mass is 32.1. The van der Waals surface area contributed by atoms with E-state index in [-0.39, 0.29) is 16.8 Å². The number of amides is 2. The molecule has 2 rings (SSSR count). The quantitative estimate of drug-likeness (QED) is 0.783. The van der Waals surface area contributed by atoms with Crippen molar-refractivity contribution in [1.82, 2.24) is 4.98 Å². The fraction of sp³-hybridized carbons (Fsp3) is 0.312. The molecule has 1 aromatic heterocycles. The second-order valence-corrected chi connectivity index (χ2v) is 7.14. The largest absolute Gasteiger partial charge is 0.508 e. The van der Waals surface area contributed by atoms with Gasteiger partial charge in [-0.25, -0.2) is 9.78 Å². The van der Waals surface area contributed by atoms with Gasteiger partial charge in [-0.3, -0.25) is 10.1 Å². The number of carbonyl (C=O) groups is 2. The molecular formula is C16H19N3O4S. The Kier molecular flexibility index (Phi) is 5.08. The summed E-state index contributed by atoms with van der Waals surface area (Å²) in [5.41, 5.74) is 0.710. The molecule has 24 heavy (non-hydrogen) atoms. The maximum atomic E-state index is 12.2. The molecule has 0 bridgehead atoms. The van der Waals surface area contributed by atoms with Crippen LogP contribution < -0.4 is 10.6 Å². The molecule has 7 nitrogen and oxygen atoms in total. The topological polar surface area (TPSA) is 101 Å². The Hall–Kier alpha value is -2.61. The van der Waals surface area contributed by atoms with E-state index in [1.165, 1.54) is 12.3 Å². The zero-order valence-electron chi connectivity index (χ0n) is 13.8. The van der Waals surface area contributed by atoms with E-state index in [1.807, 2.05) is 6.92 Å². The third-order valence-corrected chi connectivity index (χ3v) is 3.72. The van der Waals surface area contributed by atoms with Crippen LogP contribution in [0.3, 0.4) is 0 Å². The number of nitrogens with one attached hydrogen (secondary N) is 2. The maximum absolute atomic E-state index is 12.2. The van der Waals surface area contributed by atoms with Gasteiger partial charge in [-0.15, -0.1) is 0 Å². The van der Waals surface area contributed by atoms with Crippen LogP contribution in [0.2, 0.25) is 0 Å². The third-order valence-electron chi connectivity index (χ3n) is 2.81. The summed E-state index contributed by atoms with van der Waals surface area (Å²) in [6, 6.07) is 4.71. The lowest BCUT2D eigenvalue weighted by molar-refractivity contribution is 0.0635. The van der Waals surface area contributed by atoms with Crippen LogP contribution in [0, 0.1) is 6.92 Å². The molecule has 0 aliphatic rings. The van der Waals surface area contributed by atoms with E-state index in [0.29, 0.717) is 10.6 Å². The number of rotatable bonds is 3. The van der Waals surface area contributed by atoms with Crippen molar-refractivity contribution in [3.63, 3.8) is 0 Å². The summed E-state index contributed by atoms with van der Waals surface area (Å²) < 4.78 is 5.12. The summed E-state index contributed by atoms with van der Waals surface area (Å²) in [4.78, 5) is 28.2. The van der Waals surface area contributed by atoms with Crippen molar-refractivity contribution in [3.8, 4) is 5.75 Å². The first-order chi connectivity index (χ1) is 11.1. The first-order valence-electron chi connectivity index (χ1n) is 7.21. The molecule has 1 heterocycles. The molecule has 0 spiro atoms. The molecular weight excluding hydrogens is 330 g/mol. The molecule has 0 saturated carbocycles. The van der Waals surface area contributed by atoms with E-state index in [2.05, 4.69) is 15.6 Å². The molecule has 0 aliphatic heterocycles. The van der Waals surface area contributed by atoms with Crippen molar-refractivity contribution >= 4 is 34.2 Å². The minimum atomic E-state index is -0.632. The molecule has 1 aromatic carbocycles. The highest BCUT2D eigenvalue weighted by molar-refractivity contribution is 7.17. The lowest BCUT2D eigenvalue weighted by Gasteiger charge is -2.18. The summed E-state index contributed by atoms with van der Waals surface area (Å²) in [7, 11) is 0. The second-order valence-electron chi connectivity index (χ2n) is 6.11. The van der Waals surface area contributed by atoms with Crippen molar-refractivity contribution in [2.75, 3.05) is 10.6 Å². The Morgan fingerprint density at radius 2 is 1.96 bits per heavy atom. The summed E-state index contributed by atoms with van der Waals surface area (Å²) in [6.07, 6.45) is 0.734. The minimum absolute atomic E-state index is 0.0625. The van der Waals surface area contributed by atoms with Gasteiger partial charge in [-0.05, 0) is 39.3 Å². The van der Waals surface area contributed by atoms with Crippen molar-refractivity contribution in [2.24, 2.45) is 0 Å². The fourth-order valence-corrected chi connectivity index (χ4v) is 2.45. The normalized spacial score (nSPS) is 11.0. The number of phenolic OH excluding ortho intramolecular Hbond substituents is 1. The van der Waals surface area contributed by atoms with Crippen molar-refractivity contribution in [3.05, 3.63) is 34.8 Å². The Morgan fingerprint density at radius 1 is 1.25 bits per heavy atom. The van der Waals surface area contributed by atoms with Gasteiger partial charge < -0.3 is 15.2 Å². The molecule has 0 unspecified atom stereocenters. The van der Waals surface area contributed by atoms with Gasteiger partial charge in [0.2, 0.25) is 0 Å². The summed E-state index contributed by atoms with van der Waals surface area (Å²) in [5, 5.41) is 14.9. The molecule has 3 N–H and O–H groups in total. The molecule has 0 saturated heterocycles. The van der Waals surface area contributed by atoms with E-state index in [4.69, 9.17) is 4.74 Å². The van der Waals surface area contributed by atoms with Crippen LogP contribution in [-0.2, 0) is 4.74 Å². The number of benzene rings is 1. The van der Waals surface area contributed by atoms with Gasteiger partial charge in [-0.2, -0.15) is 0 Å². The molecule has 0 radical (unpaired) electrons. The van der Waals surface area contributed by atoms with Crippen LogP contribution in [0.1, 0.15) is 36.0 Å². The predicted octanol–water partition coefficient (Wildman–Crippen LogP) is 3.76. The lowest BCUT2D eigenvalue weighted by Crippen LogP contribution is -2.27. The van der Waals surface area contributed by atoms with Crippen LogP contribution >= 0.6 is 11.3 Å². The number of carbonyl (C=O) groups excluding carboxylic acids is 2. The first-order valence-corrected chi connectivity index (χ1v) is 8.02. The van der Waals surface area contributed by atoms with Crippen LogP contribution in [0.25, 0.3) is 0 Å². The van der Waals surface area contributed by atoms with Gasteiger partial charge in [0.25, 0.3) is 5.91 Å². The second kappa shape index (κ2) is 6.88. The molecule has 8 heteroatoms. The average molecular weight is 349 g/mol. The Morgan fingerprint density at radius 3 is 2.62 bits per heavy atom. The number of thiazole rings is 1. The molecule has 0 atom stereocenters. The number of aromatic hydroxyl groups is 1. The zero-order chi connectivity index (χ0) is 17.9. The smallest absolute Gasteiger partial charge is 0.413 e. The Labute approximate surface area is 143 Å². The highest BCUT2D eigenvalue weighted by Crippen LogP contribution is 2.24. The zero-order valence-corrected chi connectivity index (χ0v) is 14.7. The number of aromatic nitrogens is 1. The number of ether oxygens (including phenoxy) is 1. The number of aryl methyl sites for hydroxylation is 1. The number of anilines is 2. The summed E-state index contributed by atoms with van der Waals surface area (Å²) >= 11 is 1.03. The standard InChI is InChI=1S/C16H19N3O4S/c1-9-5-6-10(20)7-11(9)18-13(21)12-8-17-14(24-12)19-15(22)23-16(2,3)4/h5-8,20H,1-4H3,(H,18,21)(H,17,19,22). The molecule has 128 valence electrons. The fourth-order valence-electron chi connectivity index (χ4n) is 1.76. The van der Waals surface area contributed by atoms with Gasteiger partial charge in [-0.1, -0.05) is 17.4 Å². The van der Waals surface area contributed by atoms with Crippen molar-refractivity contribution in [1.29, 1.82) is 0 Å². The van der Waals surface area contributed by atoms with Gasteiger partial charge in [0.1, 0.15) is 16.2 Å². The summed E-state index contributed by atoms with van der Waals surface area (Å²) in [6.45, 7) is 7.08. The SMILES string of the molecule is Cc1ccc(O)cc1NC(=O)c1cnc(NC(=O)OC(C)(C)C)s1. The van der Waals surface area contributed by atoms with E-state index >= 15 is 0 Å².